The Hall–Kier alpha value is -1.92. The molecule has 0 bridgehead atoms. The molecule has 23 heavy (non-hydrogen) atoms. The molecule has 1 saturated heterocycles. The minimum absolute atomic E-state index is 0.368. The number of nitrogens with zero attached hydrogens (tertiary/aromatic N) is 3. The number of benzene rings is 1. The van der Waals surface area contributed by atoms with Gasteiger partial charge in [0.1, 0.15) is 0 Å². The molecular formula is C17H21N3O3. The van der Waals surface area contributed by atoms with Gasteiger partial charge in [-0.3, -0.25) is 9.58 Å². The van der Waals surface area contributed by atoms with Crippen LogP contribution in [0.4, 0.5) is 0 Å². The molecule has 2 aliphatic rings. The molecule has 6 nitrogen and oxygen atoms in total. The topological polar surface area (TPSA) is 67.6 Å². The zero-order valence-electron chi connectivity index (χ0n) is 13.1. The van der Waals surface area contributed by atoms with Gasteiger partial charge in [0, 0.05) is 25.0 Å². The third-order valence-corrected chi connectivity index (χ3v) is 4.76. The van der Waals surface area contributed by atoms with Crippen LogP contribution in [0.15, 0.2) is 18.3 Å². The van der Waals surface area contributed by atoms with Crippen molar-refractivity contribution in [3.8, 4) is 0 Å². The lowest BCUT2D eigenvalue weighted by Gasteiger charge is -2.26. The number of hydrogen-bond donors (Lipinski definition) is 1. The van der Waals surface area contributed by atoms with Gasteiger partial charge >= 0.3 is 5.97 Å². The highest BCUT2D eigenvalue weighted by Crippen LogP contribution is 2.43. The van der Waals surface area contributed by atoms with Crippen LogP contribution < -0.4 is 0 Å². The summed E-state index contributed by atoms with van der Waals surface area (Å²) in [5, 5.41) is 14.8. The maximum atomic E-state index is 11.3. The number of rotatable bonds is 5. The van der Waals surface area contributed by atoms with Crippen molar-refractivity contribution >= 4 is 16.9 Å². The number of aromatic carboxylic acids is 1. The van der Waals surface area contributed by atoms with Gasteiger partial charge in [-0.25, -0.2) is 4.79 Å². The second kappa shape index (κ2) is 5.94. The number of ether oxygens (including phenoxy) is 1. The van der Waals surface area contributed by atoms with Crippen LogP contribution in [0.25, 0.3) is 10.9 Å². The average molecular weight is 315 g/mol. The lowest BCUT2D eigenvalue weighted by atomic mass is 10.0. The van der Waals surface area contributed by atoms with Crippen molar-refractivity contribution in [2.45, 2.75) is 25.3 Å². The zero-order chi connectivity index (χ0) is 15.8. The number of carboxylic acid groups (broad SMARTS) is 1. The van der Waals surface area contributed by atoms with E-state index in [-0.39, 0.29) is 0 Å². The fraction of sp³-hybridized carbons (Fsp3) is 0.529. The van der Waals surface area contributed by atoms with E-state index in [9.17, 15) is 9.90 Å². The summed E-state index contributed by atoms with van der Waals surface area (Å²) in [4.78, 5) is 13.7. The molecule has 2 fully saturated rings. The molecule has 1 aromatic carbocycles. The van der Waals surface area contributed by atoms with Gasteiger partial charge in [-0.2, -0.15) is 5.10 Å². The number of carbonyl (C=O) groups is 1. The van der Waals surface area contributed by atoms with Gasteiger partial charge in [-0.15, -0.1) is 0 Å². The van der Waals surface area contributed by atoms with Crippen LogP contribution in [0.2, 0.25) is 0 Å². The Balaban J connectivity index is 1.63. The Bertz CT molecular complexity index is 730. The number of morpholine rings is 1. The monoisotopic (exact) mass is 315 g/mol. The average Bonchev–Trinajstić information content (AvgIpc) is 3.33. The van der Waals surface area contributed by atoms with Crippen LogP contribution in [-0.4, -0.2) is 58.6 Å². The zero-order valence-corrected chi connectivity index (χ0v) is 13.1. The first-order valence-corrected chi connectivity index (χ1v) is 8.25. The second-order valence-electron chi connectivity index (χ2n) is 6.40. The van der Waals surface area contributed by atoms with Gasteiger partial charge in [-0.05, 0) is 36.5 Å². The molecule has 122 valence electrons. The lowest BCUT2D eigenvalue weighted by molar-refractivity contribution is 0.0361. The molecule has 1 aromatic heterocycles. The smallest absolute Gasteiger partial charge is 0.335 e. The van der Waals surface area contributed by atoms with E-state index >= 15 is 0 Å². The van der Waals surface area contributed by atoms with E-state index in [1.54, 1.807) is 12.3 Å². The molecule has 0 unspecified atom stereocenters. The molecule has 2 heterocycles. The van der Waals surface area contributed by atoms with E-state index in [2.05, 4.69) is 10.00 Å². The van der Waals surface area contributed by atoms with Gasteiger partial charge in [0.2, 0.25) is 0 Å². The lowest BCUT2D eigenvalue weighted by Crippen LogP contribution is -2.38. The Labute approximate surface area is 134 Å². The highest BCUT2D eigenvalue weighted by atomic mass is 16.5. The minimum atomic E-state index is -0.866. The maximum Gasteiger partial charge on any atom is 0.335 e. The van der Waals surface area contributed by atoms with E-state index < -0.39 is 5.97 Å². The molecule has 1 aliphatic carbocycles. The standard InChI is InChI=1S/C17H21N3O3/c21-17(22)13-9-14-11-18-20(4-3-19-5-7-23-8-6-19)16(14)15(10-13)12-1-2-12/h9-12H,1-8H2,(H,21,22). The Morgan fingerprint density at radius 3 is 2.74 bits per heavy atom. The molecule has 0 atom stereocenters. The van der Waals surface area contributed by atoms with E-state index in [0.717, 1.165) is 68.7 Å². The first kappa shape index (κ1) is 14.7. The number of aromatic nitrogens is 2. The number of fused-ring (bicyclic) bond motifs is 1. The molecule has 1 N–H and O–H groups in total. The Morgan fingerprint density at radius 1 is 1.26 bits per heavy atom. The summed E-state index contributed by atoms with van der Waals surface area (Å²) in [5.41, 5.74) is 2.64. The van der Waals surface area contributed by atoms with Crippen LogP contribution >= 0.6 is 0 Å². The molecule has 6 heteroatoms. The molecule has 0 spiro atoms. The number of carboxylic acids is 1. The predicted molar refractivity (Wildman–Crippen MR) is 85.9 cm³/mol. The fourth-order valence-electron chi connectivity index (χ4n) is 3.33. The molecule has 0 amide bonds. The SMILES string of the molecule is O=C(O)c1cc(C2CC2)c2c(cnn2CCN2CCOCC2)c1. The van der Waals surface area contributed by atoms with Crippen LogP contribution in [0.3, 0.4) is 0 Å². The van der Waals surface area contributed by atoms with Gasteiger partial charge in [0.05, 0.1) is 37.0 Å². The Kier molecular flexibility index (Phi) is 3.79. The predicted octanol–water partition coefficient (Wildman–Crippen LogP) is 1.94. The summed E-state index contributed by atoms with van der Waals surface area (Å²) in [5.74, 6) is -0.370. The van der Waals surface area contributed by atoms with Crippen molar-refractivity contribution in [2.24, 2.45) is 0 Å². The van der Waals surface area contributed by atoms with E-state index in [1.807, 2.05) is 10.7 Å². The Morgan fingerprint density at radius 2 is 2.04 bits per heavy atom. The van der Waals surface area contributed by atoms with E-state index in [0.29, 0.717) is 11.5 Å². The highest BCUT2D eigenvalue weighted by Gasteiger charge is 2.28. The normalized spacial score (nSPS) is 19.3. The molecule has 4 rings (SSSR count). The van der Waals surface area contributed by atoms with Gasteiger partial charge in [0.25, 0.3) is 0 Å². The van der Waals surface area contributed by atoms with Crippen molar-refractivity contribution in [3.63, 3.8) is 0 Å². The van der Waals surface area contributed by atoms with Gasteiger partial charge in [0.15, 0.2) is 0 Å². The molecular weight excluding hydrogens is 294 g/mol. The third-order valence-electron chi connectivity index (χ3n) is 4.76. The molecule has 0 radical (unpaired) electrons. The van der Waals surface area contributed by atoms with E-state index in [1.165, 1.54) is 0 Å². The summed E-state index contributed by atoms with van der Waals surface area (Å²) in [7, 11) is 0. The minimum Gasteiger partial charge on any atom is -0.478 e. The summed E-state index contributed by atoms with van der Waals surface area (Å²) in [6, 6.07) is 3.58. The van der Waals surface area contributed by atoms with Crippen LogP contribution in [0.5, 0.6) is 0 Å². The van der Waals surface area contributed by atoms with Gasteiger partial charge < -0.3 is 9.84 Å². The highest BCUT2D eigenvalue weighted by molar-refractivity contribution is 5.95. The number of hydrogen-bond acceptors (Lipinski definition) is 4. The summed E-state index contributed by atoms with van der Waals surface area (Å²) in [6.45, 7) is 5.32. The second-order valence-corrected chi connectivity index (χ2v) is 6.40. The van der Waals surface area contributed by atoms with Crippen LogP contribution in [0, 0.1) is 0 Å². The van der Waals surface area contributed by atoms with Crippen molar-refractivity contribution in [2.75, 3.05) is 32.8 Å². The van der Waals surface area contributed by atoms with Crippen LogP contribution in [-0.2, 0) is 11.3 Å². The molecule has 2 aromatic rings. The fourth-order valence-corrected chi connectivity index (χ4v) is 3.33. The summed E-state index contributed by atoms with van der Waals surface area (Å²) >= 11 is 0. The van der Waals surface area contributed by atoms with Gasteiger partial charge in [-0.1, -0.05) is 0 Å². The first-order chi connectivity index (χ1) is 11.2. The van der Waals surface area contributed by atoms with E-state index in [4.69, 9.17) is 4.74 Å². The molecule has 1 aliphatic heterocycles. The van der Waals surface area contributed by atoms with Crippen molar-refractivity contribution in [1.82, 2.24) is 14.7 Å². The third kappa shape index (κ3) is 2.96. The van der Waals surface area contributed by atoms with Crippen molar-refractivity contribution < 1.29 is 14.6 Å². The summed E-state index contributed by atoms with van der Waals surface area (Å²) < 4.78 is 7.43. The maximum absolute atomic E-state index is 11.3. The quantitative estimate of drug-likeness (QED) is 0.913. The van der Waals surface area contributed by atoms with Crippen molar-refractivity contribution in [3.05, 3.63) is 29.5 Å². The largest absolute Gasteiger partial charge is 0.478 e. The molecule has 1 saturated carbocycles. The summed E-state index contributed by atoms with van der Waals surface area (Å²) in [6.07, 6.45) is 4.09. The first-order valence-electron chi connectivity index (χ1n) is 8.25. The van der Waals surface area contributed by atoms with Crippen LogP contribution in [0.1, 0.15) is 34.7 Å². The van der Waals surface area contributed by atoms with Crippen molar-refractivity contribution in [1.29, 1.82) is 0 Å².